The van der Waals surface area contributed by atoms with Crippen molar-refractivity contribution in [3.63, 3.8) is 0 Å². The van der Waals surface area contributed by atoms with E-state index in [-0.39, 0.29) is 5.78 Å². The first-order valence-corrected chi connectivity index (χ1v) is 8.36. The van der Waals surface area contributed by atoms with Gasteiger partial charge in [0.25, 0.3) is 0 Å². The van der Waals surface area contributed by atoms with E-state index in [1.807, 2.05) is 42.5 Å². The number of rotatable bonds is 8. The Hall–Kier alpha value is -2.13. The quantitative estimate of drug-likeness (QED) is 0.519. The minimum absolute atomic E-state index is 0.0210. The molecule has 0 unspecified atom stereocenters. The van der Waals surface area contributed by atoms with Crippen molar-refractivity contribution >= 4 is 5.78 Å². The van der Waals surface area contributed by atoms with Crippen LogP contribution in [0.25, 0.3) is 0 Å². The lowest BCUT2D eigenvalue weighted by molar-refractivity contribution is 0.0818. The Balaban J connectivity index is 1.75. The van der Waals surface area contributed by atoms with Crippen molar-refractivity contribution in [2.75, 3.05) is 19.8 Å². The highest BCUT2D eigenvalue weighted by Crippen LogP contribution is 2.18. The van der Waals surface area contributed by atoms with Crippen LogP contribution in [0.1, 0.15) is 43.1 Å². The number of hydrogen-bond acceptors (Lipinski definition) is 3. The Morgan fingerprint density at radius 3 is 2.08 bits per heavy atom. The molecule has 0 aliphatic carbocycles. The molecule has 0 fully saturated rings. The Kier molecular flexibility index (Phi) is 6.56. The maximum absolute atomic E-state index is 12.3. The zero-order valence-electron chi connectivity index (χ0n) is 14.7. The first-order chi connectivity index (χ1) is 11.5. The first kappa shape index (κ1) is 18.2. The largest absolute Gasteiger partial charge is 0.491 e. The summed E-state index contributed by atoms with van der Waals surface area (Å²) in [4.78, 5) is 12.3. The number of carbonyl (C=O) groups is 1. The van der Waals surface area contributed by atoms with Gasteiger partial charge in [0, 0.05) is 17.7 Å². The van der Waals surface area contributed by atoms with Crippen molar-refractivity contribution in [2.24, 2.45) is 5.41 Å². The Labute approximate surface area is 144 Å². The Morgan fingerprint density at radius 2 is 1.46 bits per heavy atom. The van der Waals surface area contributed by atoms with Gasteiger partial charge >= 0.3 is 0 Å². The molecule has 2 aromatic rings. The molecule has 3 nitrogen and oxygen atoms in total. The van der Waals surface area contributed by atoms with Gasteiger partial charge in [-0.05, 0) is 36.1 Å². The summed E-state index contributed by atoms with van der Waals surface area (Å²) in [7, 11) is 0. The van der Waals surface area contributed by atoms with Crippen molar-refractivity contribution in [3.05, 3.63) is 65.7 Å². The lowest BCUT2D eigenvalue weighted by Gasteiger charge is -2.17. The molecule has 0 spiro atoms. The minimum Gasteiger partial charge on any atom is -0.491 e. The third kappa shape index (κ3) is 6.17. The van der Waals surface area contributed by atoms with E-state index in [1.165, 1.54) is 0 Å². The summed E-state index contributed by atoms with van der Waals surface area (Å²) in [6.07, 6.45) is 1.03. The fourth-order valence-corrected chi connectivity index (χ4v) is 2.16. The first-order valence-electron chi connectivity index (χ1n) is 8.36. The fraction of sp³-hybridized carbons (Fsp3) is 0.381. The van der Waals surface area contributed by atoms with E-state index in [0.717, 1.165) is 18.8 Å². The van der Waals surface area contributed by atoms with Crippen LogP contribution in [0.3, 0.4) is 0 Å². The summed E-state index contributed by atoms with van der Waals surface area (Å²) in [5.74, 6) is 0.770. The molecule has 0 bridgehead atoms. The highest BCUT2D eigenvalue weighted by molar-refractivity contribution is 6.08. The van der Waals surface area contributed by atoms with Crippen molar-refractivity contribution < 1.29 is 14.3 Å². The van der Waals surface area contributed by atoms with Gasteiger partial charge in [-0.2, -0.15) is 0 Å². The fourth-order valence-electron chi connectivity index (χ4n) is 2.16. The van der Waals surface area contributed by atoms with E-state index in [9.17, 15) is 4.79 Å². The second-order valence-electron chi connectivity index (χ2n) is 6.99. The van der Waals surface area contributed by atoms with Crippen molar-refractivity contribution in [1.29, 1.82) is 0 Å². The van der Waals surface area contributed by atoms with Crippen LogP contribution in [0.15, 0.2) is 54.6 Å². The third-order valence-electron chi connectivity index (χ3n) is 3.65. The number of hydrogen-bond donors (Lipinski definition) is 0. The summed E-state index contributed by atoms with van der Waals surface area (Å²) < 4.78 is 11.2. The molecule has 0 radical (unpaired) electrons. The standard InChI is InChI=1S/C21H26O3/c1-21(2,3)13-14-23-15-16-24-19-11-9-18(10-12-19)20(22)17-7-5-4-6-8-17/h4-12H,13-16H2,1-3H3. The van der Waals surface area contributed by atoms with Crippen molar-refractivity contribution in [1.82, 2.24) is 0 Å². The minimum atomic E-state index is 0.0210. The molecule has 24 heavy (non-hydrogen) atoms. The average Bonchev–Trinajstić information content (AvgIpc) is 2.58. The van der Waals surface area contributed by atoms with Crippen LogP contribution < -0.4 is 4.74 Å². The van der Waals surface area contributed by atoms with Gasteiger partial charge in [0.15, 0.2) is 5.78 Å². The molecule has 2 aromatic carbocycles. The van der Waals surface area contributed by atoms with E-state index < -0.39 is 0 Å². The van der Waals surface area contributed by atoms with Crippen LogP contribution >= 0.6 is 0 Å². The van der Waals surface area contributed by atoms with Gasteiger partial charge in [-0.3, -0.25) is 4.79 Å². The number of ether oxygens (including phenoxy) is 2. The molecule has 0 N–H and O–H groups in total. The molecule has 0 heterocycles. The lowest BCUT2D eigenvalue weighted by Crippen LogP contribution is -2.13. The molecule has 2 rings (SSSR count). The predicted molar refractivity (Wildman–Crippen MR) is 96.7 cm³/mol. The maximum atomic E-state index is 12.3. The van der Waals surface area contributed by atoms with E-state index in [4.69, 9.17) is 9.47 Å². The molecule has 0 saturated carbocycles. The second kappa shape index (κ2) is 8.65. The summed E-state index contributed by atoms with van der Waals surface area (Å²) in [6.45, 7) is 8.43. The molecule has 128 valence electrons. The molecule has 0 aliphatic heterocycles. The van der Waals surface area contributed by atoms with Crippen LogP contribution in [0.2, 0.25) is 0 Å². The molecule has 0 aliphatic rings. The van der Waals surface area contributed by atoms with Crippen LogP contribution in [0.5, 0.6) is 5.75 Å². The molecule has 0 amide bonds. The summed E-state index contributed by atoms with van der Waals surface area (Å²) in [5, 5.41) is 0. The van der Waals surface area contributed by atoms with Gasteiger partial charge < -0.3 is 9.47 Å². The zero-order chi connectivity index (χ0) is 17.4. The number of benzene rings is 2. The predicted octanol–water partition coefficient (Wildman–Crippen LogP) is 4.75. The zero-order valence-corrected chi connectivity index (χ0v) is 14.7. The van der Waals surface area contributed by atoms with Crippen molar-refractivity contribution in [3.8, 4) is 5.75 Å². The molecule has 0 saturated heterocycles. The average molecular weight is 326 g/mol. The van der Waals surface area contributed by atoms with Crippen LogP contribution in [0, 0.1) is 5.41 Å². The SMILES string of the molecule is CC(C)(C)CCOCCOc1ccc(C(=O)c2ccccc2)cc1. The lowest BCUT2D eigenvalue weighted by atomic mass is 9.93. The van der Waals surface area contributed by atoms with Crippen LogP contribution in [-0.2, 0) is 4.74 Å². The van der Waals surface area contributed by atoms with Gasteiger partial charge in [0.1, 0.15) is 12.4 Å². The van der Waals surface area contributed by atoms with Crippen molar-refractivity contribution in [2.45, 2.75) is 27.2 Å². The molecule has 3 heteroatoms. The van der Waals surface area contributed by atoms with Crippen LogP contribution in [-0.4, -0.2) is 25.6 Å². The van der Waals surface area contributed by atoms with Gasteiger partial charge in [-0.15, -0.1) is 0 Å². The Morgan fingerprint density at radius 1 is 0.833 bits per heavy atom. The number of ketones is 1. The van der Waals surface area contributed by atoms with E-state index in [0.29, 0.717) is 29.8 Å². The van der Waals surface area contributed by atoms with Gasteiger partial charge in [-0.25, -0.2) is 0 Å². The maximum Gasteiger partial charge on any atom is 0.193 e. The molecule has 0 atom stereocenters. The third-order valence-corrected chi connectivity index (χ3v) is 3.65. The molecular weight excluding hydrogens is 300 g/mol. The monoisotopic (exact) mass is 326 g/mol. The topological polar surface area (TPSA) is 35.5 Å². The highest BCUT2D eigenvalue weighted by atomic mass is 16.5. The molecular formula is C21H26O3. The molecule has 0 aromatic heterocycles. The van der Waals surface area contributed by atoms with Gasteiger partial charge in [-0.1, -0.05) is 51.1 Å². The normalized spacial score (nSPS) is 11.3. The smallest absolute Gasteiger partial charge is 0.193 e. The van der Waals surface area contributed by atoms with E-state index in [2.05, 4.69) is 20.8 Å². The van der Waals surface area contributed by atoms with Gasteiger partial charge in [0.2, 0.25) is 0 Å². The highest BCUT2D eigenvalue weighted by Gasteiger charge is 2.09. The van der Waals surface area contributed by atoms with Crippen LogP contribution in [0.4, 0.5) is 0 Å². The summed E-state index contributed by atoms with van der Waals surface area (Å²) >= 11 is 0. The summed E-state index contributed by atoms with van der Waals surface area (Å²) in [5.41, 5.74) is 1.65. The van der Waals surface area contributed by atoms with E-state index >= 15 is 0 Å². The van der Waals surface area contributed by atoms with Gasteiger partial charge in [0.05, 0.1) is 6.61 Å². The number of carbonyl (C=O) groups excluding carboxylic acids is 1. The second-order valence-corrected chi connectivity index (χ2v) is 6.99. The summed E-state index contributed by atoms with van der Waals surface area (Å²) in [6, 6.07) is 16.5. The Bertz CT molecular complexity index is 624. The van der Waals surface area contributed by atoms with E-state index in [1.54, 1.807) is 12.1 Å².